The second-order valence-electron chi connectivity index (χ2n) is 4.07. The van der Waals surface area contributed by atoms with Crippen LogP contribution < -0.4 is 0 Å². The summed E-state index contributed by atoms with van der Waals surface area (Å²) in [6.45, 7) is 0. The first-order valence-corrected chi connectivity index (χ1v) is 5.28. The van der Waals surface area contributed by atoms with E-state index in [-0.39, 0.29) is 0 Å². The Morgan fingerprint density at radius 3 is 2.58 bits per heavy atom. The normalized spacial score (nSPS) is 35.3. The Hall–Kier alpha value is -0.520. The second-order valence-corrected chi connectivity index (χ2v) is 4.07. The van der Waals surface area contributed by atoms with E-state index >= 15 is 0 Å². The van der Waals surface area contributed by atoms with Crippen molar-refractivity contribution in [3.8, 4) is 0 Å². The average molecular weight is 162 g/mol. The van der Waals surface area contributed by atoms with Gasteiger partial charge in [0.15, 0.2) is 0 Å². The molecule has 2 aliphatic carbocycles. The Morgan fingerprint density at radius 1 is 0.917 bits per heavy atom. The van der Waals surface area contributed by atoms with Gasteiger partial charge in [-0.25, -0.2) is 0 Å². The highest BCUT2D eigenvalue weighted by Crippen LogP contribution is 2.32. The summed E-state index contributed by atoms with van der Waals surface area (Å²) in [5.41, 5.74) is 0. The molecule has 0 heterocycles. The summed E-state index contributed by atoms with van der Waals surface area (Å²) in [7, 11) is 0. The van der Waals surface area contributed by atoms with E-state index in [0.717, 1.165) is 11.8 Å². The number of allylic oxidation sites excluding steroid dienone is 4. The van der Waals surface area contributed by atoms with Gasteiger partial charge in [0.05, 0.1) is 0 Å². The van der Waals surface area contributed by atoms with Crippen molar-refractivity contribution in [2.24, 2.45) is 11.8 Å². The Labute approximate surface area is 75.4 Å². The third kappa shape index (κ3) is 1.80. The third-order valence-corrected chi connectivity index (χ3v) is 3.21. The average Bonchev–Trinajstić information content (AvgIpc) is 2.21. The van der Waals surface area contributed by atoms with E-state index in [9.17, 15) is 0 Å². The first-order valence-electron chi connectivity index (χ1n) is 5.28. The molecule has 0 spiro atoms. The van der Waals surface area contributed by atoms with Gasteiger partial charge in [0, 0.05) is 0 Å². The van der Waals surface area contributed by atoms with Gasteiger partial charge in [0.1, 0.15) is 0 Å². The van der Waals surface area contributed by atoms with E-state index < -0.39 is 0 Å². The van der Waals surface area contributed by atoms with Crippen molar-refractivity contribution < 1.29 is 0 Å². The highest BCUT2D eigenvalue weighted by molar-refractivity contribution is 5.00. The second kappa shape index (κ2) is 3.93. The van der Waals surface area contributed by atoms with Crippen LogP contribution in [0.4, 0.5) is 0 Å². The summed E-state index contributed by atoms with van der Waals surface area (Å²) in [6, 6.07) is 0. The van der Waals surface area contributed by atoms with Crippen LogP contribution in [0.5, 0.6) is 0 Å². The Morgan fingerprint density at radius 2 is 1.92 bits per heavy atom. The van der Waals surface area contributed by atoms with Gasteiger partial charge in [-0.1, -0.05) is 24.3 Å². The molecule has 0 aromatic rings. The van der Waals surface area contributed by atoms with Crippen molar-refractivity contribution in [1.82, 2.24) is 0 Å². The maximum Gasteiger partial charge on any atom is -0.0202 e. The molecule has 0 N–H and O–H groups in total. The first-order chi connectivity index (χ1) is 5.97. The fraction of sp³-hybridized carbons (Fsp3) is 0.667. The van der Waals surface area contributed by atoms with Crippen molar-refractivity contribution in [2.45, 2.75) is 38.5 Å². The zero-order valence-electron chi connectivity index (χ0n) is 7.71. The minimum absolute atomic E-state index is 0.906. The summed E-state index contributed by atoms with van der Waals surface area (Å²) >= 11 is 0. The molecule has 0 aliphatic heterocycles. The first kappa shape index (κ1) is 8.10. The van der Waals surface area contributed by atoms with Crippen LogP contribution in [0.1, 0.15) is 38.5 Å². The molecule has 0 bridgehead atoms. The predicted octanol–water partition coefficient (Wildman–Crippen LogP) is 3.70. The molecule has 0 saturated carbocycles. The Kier molecular flexibility index (Phi) is 2.65. The van der Waals surface area contributed by atoms with Crippen LogP contribution in [0.2, 0.25) is 0 Å². The van der Waals surface area contributed by atoms with Gasteiger partial charge in [-0.05, 0) is 50.4 Å². The van der Waals surface area contributed by atoms with Crippen molar-refractivity contribution in [1.29, 1.82) is 0 Å². The fourth-order valence-corrected chi connectivity index (χ4v) is 2.44. The minimum atomic E-state index is 0.906. The van der Waals surface area contributed by atoms with Gasteiger partial charge in [-0.15, -0.1) is 0 Å². The lowest BCUT2D eigenvalue weighted by Crippen LogP contribution is -2.15. The molecule has 0 amide bonds. The predicted molar refractivity (Wildman–Crippen MR) is 53.0 cm³/mol. The van der Waals surface area contributed by atoms with Crippen LogP contribution in [0, 0.1) is 11.8 Å². The maximum absolute atomic E-state index is 2.47. The summed E-state index contributed by atoms with van der Waals surface area (Å²) in [5.74, 6) is 1.87. The van der Waals surface area contributed by atoms with Crippen LogP contribution in [-0.2, 0) is 0 Å². The quantitative estimate of drug-likeness (QED) is 0.516. The largest absolute Gasteiger partial charge is 0.0885 e. The SMILES string of the molecule is C1=CC(C2CC=CCC2)CCC1. The molecule has 0 nitrogen and oxygen atoms in total. The Bertz CT molecular complexity index is 188. The number of hydrogen-bond acceptors (Lipinski definition) is 0. The van der Waals surface area contributed by atoms with E-state index in [1.54, 1.807) is 0 Å². The van der Waals surface area contributed by atoms with Gasteiger partial charge in [-0.3, -0.25) is 0 Å². The molecule has 0 radical (unpaired) electrons. The van der Waals surface area contributed by atoms with Crippen molar-refractivity contribution in [3.05, 3.63) is 24.3 Å². The number of hydrogen-bond donors (Lipinski definition) is 0. The summed E-state index contributed by atoms with van der Waals surface area (Å²) < 4.78 is 0. The fourth-order valence-electron chi connectivity index (χ4n) is 2.44. The zero-order chi connectivity index (χ0) is 8.23. The molecular formula is C12H18. The molecule has 0 fully saturated rings. The zero-order valence-corrected chi connectivity index (χ0v) is 7.71. The third-order valence-electron chi connectivity index (χ3n) is 3.21. The maximum atomic E-state index is 2.47. The molecule has 2 aliphatic rings. The summed E-state index contributed by atoms with van der Waals surface area (Å²) in [4.78, 5) is 0. The molecule has 2 rings (SSSR count). The van der Waals surface area contributed by atoms with Gasteiger partial charge < -0.3 is 0 Å². The lowest BCUT2D eigenvalue weighted by atomic mass is 9.78. The monoisotopic (exact) mass is 162 g/mol. The lowest BCUT2D eigenvalue weighted by molar-refractivity contribution is 0.333. The summed E-state index contributed by atoms with van der Waals surface area (Å²) in [5, 5.41) is 0. The Balaban J connectivity index is 1.94. The molecule has 66 valence electrons. The van der Waals surface area contributed by atoms with E-state index in [1.807, 2.05) is 0 Å². The molecule has 2 unspecified atom stereocenters. The highest BCUT2D eigenvalue weighted by atomic mass is 14.2. The van der Waals surface area contributed by atoms with E-state index in [0.29, 0.717) is 0 Å². The molecule has 2 atom stereocenters. The van der Waals surface area contributed by atoms with Gasteiger partial charge >= 0.3 is 0 Å². The molecule has 0 heteroatoms. The highest BCUT2D eigenvalue weighted by Gasteiger charge is 2.20. The smallest absolute Gasteiger partial charge is 0.0202 e. The van der Waals surface area contributed by atoms with Gasteiger partial charge in [0.2, 0.25) is 0 Å². The molecule has 0 saturated heterocycles. The molecule has 12 heavy (non-hydrogen) atoms. The molecular weight excluding hydrogens is 144 g/mol. The molecule has 0 aromatic carbocycles. The van der Waals surface area contributed by atoms with Crippen LogP contribution in [-0.4, -0.2) is 0 Å². The van der Waals surface area contributed by atoms with Crippen molar-refractivity contribution in [2.75, 3.05) is 0 Å². The number of rotatable bonds is 1. The van der Waals surface area contributed by atoms with E-state index in [1.165, 1.54) is 38.5 Å². The van der Waals surface area contributed by atoms with Gasteiger partial charge in [0.25, 0.3) is 0 Å². The van der Waals surface area contributed by atoms with E-state index in [4.69, 9.17) is 0 Å². The van der Waals surface area contributed by atoms with Crippen LogP contribution >= 0.6 is 0 Å². The van der Waals surface area contributed by atoms with Crippen LogP contribution in [0.3, 0.4) is 0 Å². The van der Waals surface area contributed by atoms with Crippen LogP contribution in [0.15, 0.2) is 24.3 Å². The van der Waals surface area contributed by atoms with Crippen molar-refractivity contribution >= 4 is 0 Å². The van der Waals surface area contributed by atoms with E-state index in [2.05, 4.69) is 24.3 Å². The topological polar surface area (TPSA) is 0 Å². The minimum Gasteiger partial charge on any atom is -0.0885 e. The lowest BCUT2D eigenvalue weighted by Gasteiger charge is -2.27. The van der Waals surface area contributed by atoms with Crippen LogP contribution in [0.25, 0.3) is 0 Å². The van der Waals surface area contributed by atoms with Crippen molar-refractivity contribution in [3.63, 3.8) is 0 Å². The molecule has 0 aromatic heterocycles. The summed E-state index contributed by atoms with van der Waals surface area (Å²) in [6.07, 6.45) is 17.8. The standard InChI is InChI=1S/C12H18/c1-3-7-11(8-4-1)12-9-5-2-6-10-12/h1,3,5,9,11-12H,2,4,6-8,10H2. The van der Waals surface area contributed by atoms with Gasteiger partial charge in [-0.2, -0.15) is 0 Å².